The summed E-state index contributed by atoms with van der Waals surface area (Å²) in [4.78, 5) is 13.3. The maximum atomic E-state index is 13.8. The van der Waals surface area contributed by atoms with E-state index in [1.165, 1.54) is 22.5 Å². The predicted molar refractivity (Wildman–Crippen MR) is 97.1 cm³/mol. The summed E-state index contributed by atoms with van der Waals surface area (Å²) in [5.74, 6) is -0.0177. The molecule has 1 N–H and O–H groups in total. The van der Waals surface area contributed by atoms with Gasteiger partial charge in [-0.1, -0.05) is 44.2 Å². The smallest absolute Gasteiger partial charge is 0.248 e. The molecular formula is C19H20FN5O. The second-order valence-corrected chi connectivity index (χ2v) is 6.45. The van der Waals surface area contributed by atoms with Crippen molar-refractivity contribution in [3.8, 4) is 11.4 Å². The summed E-state index contributed by atoms with van der Waals surface area (Å²) in [6.07, 6.45) is 0. The Labute approximate surface area is 151 Å². The fourth-order valence-electron chi connectivity index (χ4n) is 2.48. The van der Waals surface area contributed by atoms with Gasteiger partial charge in [-0.15, -0.1) is 10.2 Å². The van der Waals surface area contributed by atoms with Crippen LogP contribution in [0.15, 0.2) is 42.5 Å². The molecule has 0 unspecified atom stereocenters. The molecule has 3 rings (SSSR count). The molecule has 0 radical (unpaired) electrons. The number of aryl methyl sites for hydroxylation is 1. The Kier molecular flexibility index (Phi) is 5.06. The van der Waals surface area contributed by atoms with E-state index in [1.54, 1.807) is 13.0 Å². The molecule has 2 aromatic carbocycles. The zero-order chi connectivity index (χ0) is 18.7. The number of aromatic nitrogens is 4. The number of nitrogens with zero attached hydrogens (tertiary/aromatic N) is 4. The number of rotatable bonds is 5. The number of hydrogen-bond donors (Lipinski definition) is 1. The van der Waals surface area contributed by atoms with E-state index >= 15 is 0 Å². The van der Waals surface area contributed by atoms with Gasteiger partial charge < -0.3 is 5.32 Å². The Hall–Kier alpha value is -3.09. The molecule has 1 heterocycles. The van der Waals surface area contributed by atoms with Crippen LogP contribution in [0.3, 0.4) is 0 Å². The second-order valence-electron chi connectivity index (χ2n) is 6.45. The first-order chi connectivity index (χ1) is 12.4. The number of anilines is 1. The van der Waals surface area contributed by atoms with Crippen LogP contribution in [0.1, 0.15) is 30.9 Å². The van der Waals surface area contributed by atoms with Gasteiger partial charge in [0, 0.05) is 5.56 Å². The molecule has 0 atom stereocenters. The molecule has 6 nitrogen and oxygen atoms in total. The van der Waals surface area contributed by atoms with Crippen molar-refractivity contribution in [2.45, 2.75) is 33.2 Å². The average molecular weight is 353 g/mol. The summed E-state index contributed by atoms with van der Waals surface area (Å²) >= 11 is 0. The molecule has 0 aliphatic carbocycles. The highest BCUT2D eigenvalue weighted by Gasteiger charge is 2.12. The molecule has 0 saturated heterocycles. The fourth-order valence-corrected chi connectivity index (χ4v) is 2.48. The van der Waals surface area contributed by atoms with E-state index in [2.05, 4.69) is 34.6 Å². The maximum absolute atomic E-state index is 13.8. The Bertz CT molecular complexity index is 918. The quantitative estimate of drug-likeness (QED) is 0.761. The van der Waals surface area contributed by atoms with Gasteiger partial charge in [0.25, 0.3) is 0 Å². The van der Waals surface area contributed by atoms with Crippen LogP contribution < -0.4 is 5.32 Å². The Morgan fingerprint density at radius 2 is 1.92 bits per heavy atom. The summed E-state index contributed by atoms with van der Waals surface area (Å²) in [7, 11) is 0. The summed E-state index contributed by atoms with van der Waals surface area (Å²) in [5.41, 5.74) is 2.96. The van der Waals surface area contributed by atoms with Crippen LogP contribution in [0, 0.1) is 12.7 Å². The molecule has 0 aliphatic heterocycles. The van der Waals surface area contributed by atoms with Crippen molar-refractivity contribution in [2.24, 2.45) is 0 Å². The molecule has 0 bridgehead atoms. The van der Waals surface area contributed by atoms with E-state index in [0.717, 1.165) is 11.1 Å². The third-order valence-corrected chi connectivity index (χ3v) is 3.97. The number of amides is 1. The largest absolute Gasteiger partial charge is 0.322 e. The molecule has 0 saturated carbocycles. The van der Waals surface area contributed by atoms with Gasteiger partial charge in [0.05, 0.1) is 5.69 Å². The molecule has 0 spiro atoms. The fraction of sp³-hybridized carbons (Fsp3) is 0.263. The summed E-state index contributed by atoms with van der Waals surface area (Å²) in [6, 6.07) is 12.5. The van der Waals surface area contributed by atoms with Crippen molar-refractivity contribution in [1.82, 2.24) is 20.2 Å². The van der Waals surface area contributed by atoms with Crippen LogP contribution in [-0.4, -0.2) is 26.1 Å². The van der Waals surface area contributed by atoms with Crippen LogP contribution in [0.25, 0.3) is 11.4 Å². The number of tetrazole rings is 1. The zero-order valence-electron chi connectivity index (χ0n) is 14.9. The minimum Gasteiger partial charge on any atom is -0.322 e. The number of halogens is 1. The first-order valence-electron chi connectivity index (χ1n) is 8.36. The van der Waals surface area contributed by atoms with E-state index in [9.17, 15) is 9.18 Å². The molecule has 134 valence electrons. The first-order valence-corrected chi connectivity index (χ1v) is 8.36. The lowest BCUT2D eigenvalue weighted by molar-refractivity contribution is -0.117. The third kappa shape index (κ3) is 4.11. The average Bonchev–Trinajstić information content (AvgIpc) is 3.06. The Balaban J connectivity index is 1.67. The molecule has 1 aromatic heterocycles. The third-order valence-electron chi connectivity index (χ3n) is 3.97. The minimum absolute atomic E-state index is 0.130. The van der Waals surface area contributed by atoms with Crippen LogP contribution in [-0.2, 0) is 11.3 Å². The highest BCUT2D eigenvalue weighted by Crippen LogP contribution is 2.19. The van der Waals surface area contributed by atoms with Crippen LogP contribution in [0.2, 0.25) is 0 Å². The topological polar surface area (TPSA) is 72.7 Å². The molecular weight excluding hydrogens is 333 g/mol. The Morgan fingerprint density at radius 1 is 1.19 bits per heavy atom. The van der Waals surface area contributed by atoms with Gasteiger partial charge in [0.15, 0.2) is 0 Å². The van der Waals surface area contributed by atoms with Gasteiger partial charge in [0.2, 0.25) is 11.7 Å². The maximum Gasteiger partial charge on any atom is 0.248 e. The molecule has 1 amide bonds. The normalized spacial score (nSPS) is 11.0. The zero-order valence-corrected chi connectivity index (χ0v) is 14.9. The lowest BCUT2D eigenvalue weighted by atomic mass is 10.0. The lowest BCUT2D eigenvalue weighted by Crippen LogP contribution is -2.21. The van der Waals surface area contributed by atoms with Gasteiger partial charge in [-0.3, -0.25) is 4.79 Å². The van der Waals surface area contributed by atoms with Crippen molar-refractivity contribution in [3.05, 3.63) is 59.4 Å². The predicted octanol–water partition coefficient (Wildman–Crippen LogP) is 3.55. The summed E-state index contributed by atoms with van der Waals surface area (Å²) in [5, 5.41) is 14.6. The minimum atomic E-state index is -0.476. The van der Waals surface area contributed by atoms with E-state index in [4.69, 9.17) is 0 Å². The van der Waals surface area contributed by atoms with Crippen LogP contribution in [0.4, 0.5) is 10.1 Å². The van der Waals surface area contributed by atoms with Crippen molar-refractivity contribution in [1.29, 1.82) is 0 Å². The van der Waals surface area contributed by atoms with Crippen molar-refractivity contribution in [3.63, 3.8) is 0 Å². The van der Waals surface area contributed by atoms with E-state index in [-0.39, 0.29) is 12.2 Å². The number of carbonyl (C=O) groups is 1. The highest BCUT2D eigenvalue weighted by atomic mass is 19.1. The monoisotopic (exact) mass is 353 g/mol. The van der Waals surface area contributed by atoms with Gasteiger partial charge >= 0.3 is 0 Å². The van der Waals surface area contributed by atoms with E-state index in [0.29, 0.717) is 11.7 Å². The molecule has 0 fully saturated rings. The molecule has 0 aliphatic rings. The number of nitrogens with one attached hydrogen (secondary N) is 1. The SMILES string of the molecule is Cc1ccc(NC(=O)Cn2nnc(-c3ccc(C(C)C)cc3)n2)c(F)c1. The molecule has 7 heteroatoms. The summed E-state index contributed by atoms with van der Waals surface area (Å²) < 4.78 is 13.8. The van der Waals surface area contributed by atoms with Crippen LogP contribution in [0.5, 0.6) is 0 Å². The lowest BCUT2D eigenvalue weighted by Gasteiger charge is -2.06. The number of benzene rings is 2. The first kappa shape index (κ1) is 17.7. The highest BCUT2D eigenvalue weighted by molar-refractivity contribution is 5.90. The van der Waals surface area contributed by atoms with E-state index in [1.807, 2.05) is 24.3 Å². The molecule has 3 aromatic rings. The van der Waals surface area contributed by atoms with Gasteiger partial charge in [-0.25, -0.2) is 4.39 Å². The van der Waals surface area contributed by atoms with Gasteiger partial charge in [-0.05, 0) is 41.3 Å². The van der Waals surface area contributed by atoms with Crippen molar-refractivity contribution >= 4 is 11.6 Å². The van der Waals surface area contributed by atoms with Crippen molar-refractivity contribution < 1.29 is 9.18 Å². The van der Waals surface area contributed by atoms with E-state index < -0.39 is 11.7 Å². The van der Waals surface area contributed by atoms with Crippen LogP contribution >= 0.6 is 0 Å². The number of carbonyl (C=O) groups excluding carboxylic acids is 1. The van der Waals surface area contributed by atoms with Crippen molar-refractivity contribution in [2.75, 3.05) is 5.32 Å². The Morgan fingerprint density at radius 3 is 2.58 bits per heavy atom. The summed E-state index contributed by atoms with van der Waals surface area (Å²) in [6.45, 7) is 5.88. The second kappa shape index (κ2) is 7.43. The van der Waals surface area contributed by atoms with Gasteiger partial charge in [-0.2, -0.15) is 4.80 Å². The molecule has 26 heavy (non-hydrogen) atoms. The van der Waals surface area contributed by atoms with Gasteiger partial charge in [0.1, 0.15) is 12.4 Å². The standard InChI is InChI=1S/C19H20FN5O/c1-12(2)14-5-7-15(8-6-14)19-22-24-25(23-19)11-18(26)21-17-9-4-13(3)10-16(17)20/h4-10,12H,11H2,1-3H3,(H,21,26). The number of hydrogen-bond acceptors (Lipinski definition) is 4.